The van der Waals surface area contributed by atoms with E-state index in [2.05, 4.69) is 4.72 Å². The van der Waals surface area contributed by atoms with Crippen molar-refractivity contribution in [1.82, 2.24) is 4.72 Å². The van der Waals surface area contributed by atoms with Gasteiger partial charge in [-0.15, -0.1) is 0 Å². The first-order valence-corrected chi connectivity index (χ1v) is 11.6. The first-order chi connectivity index (χ1) is 14.1. The summed E-state index contributed by atoms with van der Waals surface area (Å²) in [7, 11) is -3.81. The molecule has 0 aromatic heterocycles. The Kier molecular flexibility index (Phi) is 6.46. The Morgan fingerprint density at radius 3 is 1.53 bits per heavy atom. The van der Waals surface area contributed by atoms with E-state index in [1.807, 2.05) is 95.3 Å². The summed E-state index contributed by atoms with van der Waals surface area (Å²) in [6.45, 7) is 9.73. The molecule has 3 rings (SSSR count). The molecule has 0 fully saturated rings. The van der Waals surface area contributed by atoms with Crippen molar-refractivity contribution < 1.29 is 8.42 Å². The minimum absolute atomic E-state index is 0.351. The Morgan fingerprint density at radius 1 is 0.667 bits per heavy atom. The third-order valence-corrected chi connectivity index (χ3v) is 7.90. The highest BCUT2D eigenvalue weighted by Crippen LogP contribution is 2.33. The number of rotatable bonds is 6. The Balaban J connectivity index is 2.12. The summed E-state index contributed by atoms with van der Waals surface area (Å²) in [6.07, 6.45) is 0. The van der Waals surface area contributed by atoms with Crippen LogP contribution in [0.1, 0.15) is 51.0 Å². The Hall–Kier alpha value is -2.47. The van der Waals surface area contributed by atoms with E-state index in [1.165, 1.54) is 0 Å². The zero-order valence-electron chi connectivity index (χ0n) is 18.2. The fourth-order valence-electron chi connectivity index (χ4n) is 3.97. The van der Waals surface area contributed by atoms with Crippen molar-refractivity contribution in [1.29, 1.82) is 0 Å². The average Bonchev–Trinajstić information content (AvgIpc) is 2.75. The quantitative estimate of drug-likeness (QED) is 0.590. The van der Waals surface area contributed by atoms with E-state index in [1.54, 1.807) is 0 Å². The largest absolute Gasteiger partial charge is 0.322 e. The molecule has 3 aromatic rings. The number of benzene rings is 3. The molecule has 0 aliphatic heterocycles. The summed E-state index contributed by atoms with van der Waals surface area (Å²) in [6, 6.07) is 18.0. The van der Waals surface area contributed by atoms with Crippen LogP contribution in [0.25, 0.3) is 0 Å². The summed E-state index contributed by atoms with van der Waals surface area (Å²) in [5.74, 6) is 0. The van der Waals surface area contributed by atoms with Crippen molar-refractivity contribution in [2.24, 2.45) is 5.73 Å². The fourth-order valence-corrected chi connectivity index (χ4v) is 5.82. The molecule has 2 atom stereocenters. The number of nitrogens with two attached hydrogens (primary N) is 1. The molecule has 5 heteroatoms. The van der Waals surface area contributed by atoms with Crippen LogP contribution in [0, 0.1) is 34.6 Å². The number of hydrogen-bond acceptors (Lipinski definition) is 3. The van der Waals surface area contributed by atoms with Gasteiger partial charge in [0.25, 0.3) is 0 Å². The van der Waals surface area contributed by atoms with Gasteiger partial charge in [-0.3, -0.25) is 0 Å². The van der Waals surface area contributed by atoms with E-state index in [-0.39, 0.29) is 0 Å². The highest BCUT2D eigenvalue weighted by molar-refractivity contribution is 7.89. The number of nitrogens with one attached hydrogen (secondary N) is 1. The zero-order chi connectivity index (χ0) is 22.1. The van der Waals surface area contributed by atoms with Gasteiger partial charge in [-0.1, -0.05) is 60.7 Å². The third-order valence-electron chi connectivity index (χ3n) is 6.18. The smallest absolute Gasteiger partial charge is 0.241 e. The topological polar surface area (TPSA) is 72.2 Å². The van der Waals surface area contributed by atoms with E-state index in [0.717, 1.165) is 38.9 Å². The summed E-state index contributed by atoms with van der Waals surface area (Å²) < 4.78 is 30.2. The van der Waals surface area contributed by atoms with Gasteiger partial charge in [-0.05, 0) is 73.6 Å². The van der Waals surface area contributed by atoms with Gasteiger partial charge >= 0.3 is 0 Å². The Labute approximate surface area is 180 Å². The molecule has 3 N–H and O–H groups in total. The predicted molar refractivity (Wildman–Crippen MR) is 123 cm³/mol. The van der Waals surface area contributed by atoms with Crippen LogP contribution in [-0.2, 0) is 10.0 Å². The Bertz CT molecular complexity index is 1110. The van der Waals surface area contributed by atoms with Gasteiger partial charge in [-0.2, -0.15) is 0 Å². The van der Waals surface area contributed by atoms with Gasteiger partial charge in [0.05, 0.1) is 17.0 Å². The highest BCUT2D eigenvalue weighted by atomic mass is 32.2. The van der Waals surface area contributed by atoms with E-state index in [4.69, 9.17) is 5.73 Å². The van der Waals surface area contributed by atoms with Gasteiger partial charge in [0.1, 0.15) is 0 Å². The van der Waals surface area contributed by atoms with Crippen molar-refractivity contribution in [3.05, 3.63) is 99.6 Å². The van der Waals surface area contributed by atoms with E-state index >= 15 is 0 Å². The monoisotopic (exact) mass is 422 g/mol. The zero-order valence-corrected chi connectivity index (χ0v) is 19.0. The van der Waals surface area contributed by atoms with Gasteiger partial charge < -0.3 is 5.73 Å². The maximum Gasteiger partial charge on any atom is 0.241 e. The van der Waals surface area contributed by atoms with Crippen LogP contribution < -0.4 is 10.5 Å². The first kappa shape index (κ1) is 22.2. The molecule has 0 aliphatic rings. The molecule has 0 saturated heterocycles. The molecule has 0 radical (unpaired) electrons. The molecule has 30 heavy (non-hydrogen) atoms. The predicted octanol–water partition coefficient (Wildman–Crippen LogP) is 4.95. The van der Waals surface area contributed by atoms with Gasteiger partial charge in [0.15, 0.2) is 0 Å². The lowest BCUT2D eigenvalue weighted by Crippen LogP contribution is -2.36. The first-order valence-electron chi connectivity index (χ1n) is 10.1. The second-order valence-corrected chi connectivity index (χ2v) is 9.55. The van der Waals surface area contributed by atoms with Crippen LogP contribution in [0.15, 0.2) is 65.6 Å². The maximum atomic E-state index is 13.6. The lowest BCUT2D eigenvalue weighted by atomic mass is 9.95. The van der Waals surface area contributed by atoms with Gasteiger partial charge in [0, 0.05) is 0 Å². The summed E-state index contributed by atoms with van der Waals surface area (Å²) >= 11 is 0. The van der Waals surface area contributed by atoms with Gasteiger partial charge in [0.2, 0.25) is 10.0 Å². The van der Waals surface area contributed by atoms with Crippen LogP contribution in [0.4, 0.5) is 0 Å². The van der Waals surface area contributed by atoms with Crippen LogP contribution in [0.2, 0.25) is 0 Å². The van der Waals surface area contributed by atoms with Crippen molar-refractivity contribution in [3.63, 3.8) is 0 Å². The number of hydrogen-bond donors (Lipinski definition) is 2. The SMILES string of the molecule is Cc1c(C)c(C)c(S(=O)(=O)N[C@H](c2ccccc2)[C@H](N)c2ccccc2)c(C)c1C. The minimum atomic E-state index is -3.81. The summed E-state index contributed by atoms with van der Waals surface area (Å²) in [4.78, 5) is 0.351. The summed E-state index contributed by atoms with van der Waals surface area (Å²) in [5.41, 5.74) is 13.0. The maximum absolute atomic E-state index is 13.6. The summed E-state index contributed by atoms with van der Waals surface area (Å²) in [5, 5.41) is 0. The highest BCUT2D eigenvalue weighted by Gasteiger charge is 2.30. The molecule has 158 valence electrons. The van der Waals surface area contributed by atoms with E-state index in [9.17, 15) is 8.42 Å². The molecule has 0 unspecified atom stereocenters. The van der Waals surface area contributed by atoms with Crippen LogP contribution in [-0.4, -0.2) is 8.42 Å². The van der Waals surface area contributed by atoms with Crippen LogP contribution >= 0.6 is 0 Å². The van der Waals surface area contributed by atoms with Crippen molar-refractivity contribution in [3.8, 4) is 0 Å². The average molecular weight is 423 g/mol. The normalized spacial score (nSPS) is 13.8. The molecule has 4 nitrogen and oxygen atoms in total. The molecule has 0 amide bonds. The standard InChI is InChI=1S/C25H30N2O2S/c1-16-17(2)19(4)25(20(5)18(16)3)30(28,29)27-24(22-14-10-7-11-15-22)23(26)21-12-8-6-9-13-21/h6-15,23-24,27H,26H2,1-5H3/t23-,24-/m1/s1. The van der Waals surface area contributed by atoms with Crippen LogP contribution in [0.5, 0.6) is 0 Å². The molecule has 0 saturated carbocycles. The number of sulfonamides is 1. The second-order valence-electron chi connectivity index (χ2n) is 7.90. The third kappa shape index (κ3) is 4.19. The molecular weight excluding hydrogens is 392 g/mol. The van der Waals surface area contributed by atoms with E-state index in [0.29, 0.717) is 4.90 Å². The second kappa shape index (κ2) is 8.72. The van der Waals surface area contributed by atoms with Crippen molar-refractivity contribution >= 4 is 10.0 Å². The molecule has 0 spiro atoms. The fraction of sp³-hybridized carbons (Fsp3) is 0.280. The molecule has 0 heterocycles. The molecule has 3 aromatic carbocycles. The molecule has 0 aliphatic carbocycles. The van der Waals surface area contributed by atoms with Gasteiger partial charge in [-0.25, -0.2) is 13.1 Å². The lowest BCUT2D eigenvalue weighted by molar-refractivity contribution is 0.503. The van der Waals surface area contributed by atoms with Crippen LogP contribution in [0.3, 0.4) is 0 Å². The van der Waals surface area contributed by atoms with E-state index < -0.39 is 22.1 Å². The minimum Gasteiger partial charge on any atom is -0.322 e. The van der Waals surface area contributed by atoms with Crippen molar-refractivity contribution in [2.45, 2.75) is 51.6 Å². The molecule has 0 bridgehead atoms. The lowest BCUT2D eigenvalue weighted by Gasteiger charge is -2.27. The Morgan fingerprint density at radius 2 is 1.07 bits per heavy atom. The van der Waals surface area contributed by atoms with Crippen molar-refractivity contribution in [2.75, 3.05) is 0 Å². The molecular formula is C25H30N2O2S.